The van der Waals surface area contributed by atoms with Crippen LogP contribution in [0, 0.1) is 130 Å². The number of hydrogen-bond donors (Lipinski definition) is 10. The zero-order valence-electron chi connectivity index (χ0n) is 80.2. The van der Waals surface area contributed by atoms with Gasteiger partial charge in [0.25, 0.3) is 17.7 Å². The van der Waals surface area contributed by atoms with Crippen LogP contribution in [0.15, 0.2) is 0 Å². The van der Waals surface area contributed by atoms with Crippen LogP contribution in [0.3, 0.4) is 0 Å². The van der Waals surface area contributed by atoms with Crippen molar-refractivity contribution in [1.29, 1.82) is 0 Å². The molecule has 14 heterocycles. The van der Waals surface area contributed by atoms with E-state index in [2.05, 4.69) is 165 Å². The van der Waals surface area contributed by atoms with Gasteiger partial charge >= 0.3 is 12.1 Å². The fourth-order valence-corrected chi connectivity index (χ4v) is 18.2. The molecule has 0 spiro atoms. The summed E-state index contributed by atoms with van der Waals surface area (Å²) in [4.78, 5) is 98.5. The summed E-state index contributed by atoms with van der Waals surface area (Å²) in [5, 5.41) is 63.2. The van der Waals surface area contributed by atoms with Gasteiger partial charge in [0.15, 0.2) is 0 Å². The lowest BCUT2D eigenvalue weighted by molar-refractivity contribution is -0.150. The normalized spacial score (nSPS) is 24.0. The number of aliphatic hydroxyl groups excluding tert-OH is 2. The Morgan fingerprint density at radius 2 is 0.533 bits per heavy atom. The molecule has 0 atom stereocenters. The van der Waals surface area contributed by atoms with Crippen molar-refractivity contribution >= 4 is 41.6 Å². The van der Waals surface area contributed by atoms with Crippen LogP contribution < -0.4 is 26.6 Å². The molecule has 17 aliphatic rings. The van der Waals surface area contributed by atoms with Crippen LogP contribution in [0.2, 0.25) is 0 Å². The first-order valence-corrected chi connectivity index (χ1v) is 49.0. The van der Waals surface area contributed by atoms with Gasteiger partial charge in [0.1, 0.15) is 16.8 Å². The minimum Gasteiger partial charge on any atom is -0.389 e. The van der Waals surface area contributed by atoms with E-state index in [0.29, 0.717) is 124 Å². The molecule has 704 valence electrons. The Morgan fingerprint density at radius 1 is 0.279 bits per heavy atom. The second-order valence-corrected chi connectivity index (χ2v) is 44.2. The topological polar surface area (TPSA) is 310 Å². The van der Waals surface area contributed by atoms with Crippen LogP contribution in [-0.4, -0.2) is 323 Å². The van der Waals surface area contributed by atoms with Gasteiger partial charge < -0.3 is 96.2 Å². The number of urea groups is 2. The van der Waals surface area contributed by atoms with E-state index in [0.717, 1.165) is 202 Å². The molecule has 17 fully saturated rings. The summed E-state index contributed by atoms with van der Waals surface area (Å²) in [5.74, 6) is 16.8. The van der Waals surface area contributed by atoms with Gasteiger partial charge in [0, 0.05) is 118 Å². The Hall–Kier alpha value is -4.51. The number of amides is 9. The molecule has 26 heteroatoms. The largest absolute Gasteiger partial charge is 0.389 e. The van der Waals surface area contributed by atoms with Gasteiger partial charge in [-0.15, -0.1) is 0 Å². The van der Waals surface area contributed by atoms with Crippen molar-refractivity contribution in [2.45, 2.75) is 257 Å². The molecule has 0 bridgehead atoms. The van der Waals surface area contributed by atoms with Crippen LogP contribution in [0.5, 0.6) is 0 Å². The monoisotopic (exact) mass is 1720 g/mol. The number of likely N-dealkylation sites (tertiary alicyclic amines) is 9. The van der Waals surface area contributed by atoms with Crippen LogP contribution in [-0.2, 0) is 24.0 Å². The maximum absolute atomic E-state index is 11.8. The zero-order chi connectivity index (χ0) is 89.8. The molecule has 0 aromatic heterocycles. The number of carbonyl (C=O) groups is 7. The molecule has 0 aromatic rings. The standard InChI is InChI=1S/C12H21NO2.C11H20N2O2.C11H20N2O.C11H19NO2.C10H18N2O2.C10H18N2O.C10H17NO2.C8H17N.C7H15N.C6H13N/c1-9(2)10-3-7-13(8-4-10)11(14)12(15)5-6-12;1-8(2)3-9-4-12(5-9)11(15)13-6-10(14)7-13;1-8(2)3-9-6-13(7-9)11(14)10-4-12-5-10;1-8(2)5-9-6-12(7-9)10(13)11(14)3-4-11;1-7(2)8-3-11(4-8)10(14)12-5-9(13)6-12;1-7(2)9-5-12(6-9)10(13)8-3-11-4-8;1-7(2)8-5-11(6-8)9(12)10(13)3-4-10;1-7(2)8-3-5-9-6-4-8;1-6(2)3-7-4-8-5-7;1-5(2)6-3-7-4-6/h9-10,15H,3-8H2,1-2H3;8-10,14H,3-7H2,1-2H3;8-10,12H,3-7H2,1-2H3;8-9,14H,3-7H2,1-2H3;7-9,13H,3-6H2,1-2H3;7-9,11H,3-6H2,1-2H3;7-8,13H,3-6H2,1-2H3;7-9H,3-6H2,1-2H3;6-8H,3-5H2,1-2H3;5-7H,3-4H2,1-2H3. The second-order valence-electron chi connectivity index (χ2n) is 44.2. The highest BCUT2D eigenvalue weighted by Gasteiger charge is 2.54. The molecule has 17 rings (SSSR count). The highest BCUT2D eigenvalue weighted by Crippen LogP contribution is 2.42. The summed E-state index contributed by atoms with van der Waals surface area (Å²) in [7, 11) is 0. The first-order valence-electron chi connectivity index (χ1n) is 49.0. The summed E-state index contributed by atoms with van der Waals surface area (Å²) < 4.78 is 0. The average molecular weight is 1720 g/mol. The molecule has 14 saturated heterocycles. The van der Waals surface area contributed by atoms with E-state index in [9.17, 15) is 48.9 Å². The average Bonchev–Trinajstić information content (AvgIpc) is 1.63. The minimum atomic E-state index is -0.968. The van der Waals surface area contributed by atoms with E-state index in [1.807, 2.05) is 24.5 Å². The fraction of sp³-hybridized carbons (Fsp3) is 0.927. The maximum atomic E-state index is 11.8. The number of piperidine rings is 2. The highest BCUT2D eigenvalue weighted by molar-refractivity contribution is 5.89. The fourth-order valence-electron chi connectivity index (χ4n) is 18.2. The molecular formula is C96H178N14O12. The molecule has 0 radical (unpaired) electrons. The Labute approximate surface area is 738 Å². The van der Waals surface area contributed by atoms with Crippen molar-refractivity contribution < 1.29 is 59.1 Å². The highest BCUT2D eigenvalue weighted by atomic mass is 16.3. The predicted octanol–water partition coefficient (Wildman–Crippen LogP) is 8.97. The van der Waals surface area contributed by atoms with Crippen LogP contribution in [0.1, 0.15) is 228 Å². The molecule has 3 saturated carbocycles. The summed E-state index contributed by atoms with van der Waals surface area (Å²) in [5.41, 5.74) is -2.88. The van der Waals surface area contributed by atoms with Crippen molar-refractivity contribution in [3.8, 4) is 0 Å². The zero-order valence-corrected chi connectivity index (χ0v) is 80.2. The molecule has 0 aromatic carbocycles. The van der Waals surface area contributed by atoms with Gasteiger partial charge in [-0.3, -0.25) is 24.0 Å². The van der Waals surface area contributed by atoms with Gasteiger partial charge in [0.05, 0.1) is 50.2 Å². The number of rotatable bonds is 19. The van der Waals surface area contributed by atoms with Gasteiger partial charge in [0.2, 0.25) is 11.8 Å². The molecule has 3 aliphatic carbocycles. The third-order valence-corrected chi connectivity index (χ3v) is 29.0. The smallest absolute Gasteiger partial charge is 0.320 e. The van der Waals surface area contributed by atoms with Crippen molar-refractivity contribution in [2.24, 2.45) is 130 Å². The van der Waals surface area contributed by atoms with Gasteiger partial charge in [-0.25, -0.2) is 9.59 Å². The lowest BCUT2D eigenvalue weighted by Crippen LogP contribution is -2.62. The second kappa shape index (κ2) is 47.7. The first-order chi connectivity index (χ1) is 57.4. The molecule has 9 amide bonds. The molecular weight excluding hydrogens is 1540 g/mol. The predicted molar refractivity (Wildman–Crippen MR) is 486 cm³/mol. The number of β-amino-alcohol motifs (C(OH)–C–C–N with tert-alkyl or cyclic N) is 2. The van der Waals surface area contributed by atoms with E-state index in [1.54, 1.807) is 19.6 Å². The molecule has 122 heavy (non-hydrogen) atoms. The van der Waals surface area contributed by atoms with Crippen molar-refractivity contribution in [2.75, 3.05) is 183 Å². The summed E-state index contributed by atoms with van der Waals surface area (Å²) in [6.45, 7) is 70.7. The quantitative estimate of drug-likeness (QED) is 0.0577. The molecule has 0 unspecified atom stereocenters. The van der Waals surface area contributed by atoms with E-state index >= 15 is 0 Å². The Morgan fingerprint density at radius 3 is 0.787 bits per heavy atom. The summed E-state index contributed by atoms with van der Waals surface area (Å²) in [6.07, 6.45) is 13.5. The lowest BCUT2D eigenvalue weighted by atomic mass is 9.86. The van der Waals surface area contributed by atoms with Crippen LogP contribution in [0.25, 0.3) is 0 Å². The SMILES string of the molecule is CC(C)C1CCN(C(=O)C2(O)CC2)CC1.CC(C)C1CCNCC1.CC(C)C1CN(C(=O)C2(O)CC2)C1.CC(C)C1CN(C(=O)C2CNC2)C1.CC(C)C1CN(C(=O)N2CC(O)C2)C1.CC(C)C1CNC1.CC(C)CC1CN(C(=O)C2(O)CC2)C1.CC(C)CC1CN(C(=O)C2CNC2)C1.CC(C)CC1CN(C(=O)N2CC(O)C2)C1.CC(C)CC1CNC1. The van der Waals surface area contributed by atoms with Crippen LogP contribution >= 0.6 is 0 Å². The number of nitrogens with zero attached hydrogens (tertiary/aromatic N) is 9. The van der Waals surface area contributed by atoms with Crippen molar-refractivity contribution in [3.63, 3.8) is 0 Å². The number of hydrogen-bond acceptors (Lipinski definition) is 17. The van der Waals surface area contributed by atoms with E-state index in [4.69, 9.17) is 10.2 Å². The lowest BCUT2D eigenvalue weighted by Gasteiger charge is -2.46. The van der Waals surface area contributed by atoms with E-state index in [-0.39, 0.29) is 53.8 Å². The molecule has 10 N–H and O–H groups in total. The minimum absolute atomic E-state index is 0.0234. The summed E-state index contributed by atoms with van der Waals surface area (Å²) in [6, 6.07) is 0.215. The van der Waals surface area contributed by atoms with Crippen molar-refractivity contribution in [3.05, 3.63) is 0 Å². The molecule has 26 nitrogen and oxygen atoms in total. The first kappa shape index (κ1) is 103. The van der Waals surface area contributed by atoms with Crippen LogP contribution in [0.4, 0.5) is 9.59 Å². The number of aliphatic hydroxyl groups is 5. The Balaban J connectivity index is 0.000000170. The van der Waals surface area contributed by atoms with Gasteiger partial charge in [-0.2, -0.15) is 0 Å². The maximum Gasteiger partial charge on any atom is 0.320 e. The van der Waals surface area contributed by atoms with Gasteiger partial charge in [-0.1, -0.05) is 138 Å². The Kier molecular flexibility index (Phi) is 40.2. The number of carbonyl (C=O) groups excluding carboxylic acids is 7. The summed E-state index contributed by atoms with van der Waals surface area (Å²) >= 11 is 0. The van der Waals surface area contributed by atoms with E-state index < -0.39 is 16.8 Å². The van der Waals surface area contributed by atoms with E-state index in [1.165, 1.54) is 77.8 Å². The number of nitrogens with one attached hydrogen (secondary N) is 5. The third kappa shape index (κ3) is 31.7. The third-order valence-electron chi connectivity index (χ3n) is 29.0. The van der Waals surface area contributed by atoms with Crippen molar-refractivity contribution in [1.82, 2.24) is 70.7 Å². The van der Waals surface area contributed by atoms with Gasteiger partial charge in [-0.05, 0) is 248 Å². The Bertz CT molecular complexity index is 3140. The molecule has 14 aliphatic heterocycles.